The summed E-state index contributed by atoms with van der Waals surface area (Å²) < 4.78 is 0. The largest absolute Gasteiger partial charge is 0.378 e. The zero-order valence-corrected chi connectivity index (χ0v) is 8.50. The fourth-order valence-corrected chi connectivity index (χ4v) is 1.68. The van der Waals surface area contributed by atoms with Gasteiger partial charge in [-0.05, 0) is 24.1 Å². The average molecular weight is 190 g/mol. The van der Waals surface area contributed by atoms with Crippen LogP contribution in [0, 0.1) is 0 Å². The van der Waals surface area contributed by atoms with E-state index in [4.69, 9.17) is 0 Å². The highest BCUT2D eigenvalue weighted by Crippen LogP contribution is 2.20. The third kappa shape index (κ3) is 1.45. The topological polar surface area (TPSA) is 32.3 Å². The van der Waals surface area contributed by atoms with Crippen LogP contribution in [0.4, 0.5) is 5.69 Å². The van der Waals surface area contributed by atoms with Crippen LogP contribution in [-0.4, -0.2) is 26.5 Å². The molecule has 0 spiro atoms. The second kappa shape index (κ2) is 3.33. The molecule has 1 N–H and O–H groups in total. The first-order chi connectivity index (χ1) is 6.68. The minimum absolute atomic E-state index is 0.0509. The van der Waals surface area contributed by atoms with E-state index in [-0.39, 0.29) is 5.91 Å². The van der Waals surface area contributed by atoms with E-state index >= 15 is 0 Å². The van der Waals surface area contributed by atoms with Gasteiger partial charge in [0.1, 0.15) is 0 Å². The van der Waals surface area contributed by atoms with Gasteiger partial charge in [-0.15, -0.1) is 0 Å². The summed E-state index contributed by atoms with van der Waals surface area (Å²) in [6, 6.07) is 6.05. The first kappa shape index (κ1) is 9.06. The standard InChI is InChI=1S/C11H14N2O/c1-13(2)9-4-3-8-5-6-12-11(14)10(8)7-9/h3-4,7H,5-6H2,1-2H3,(H,12,14). The van der Waals surface area contributed by atoms with Gasteiger partial charge in [0.2, 0.25) is 0 Å². The Morgan fingerprint density at radius 3 is 2.86 bits per heavy atom. The predicted octanol–water partition coefficient (Wildman–Crippen LogP) is 1.04. The lowest BCUT2D eigenvalue weighted by Gasteiger charge is -2.19. The van der Waals surface area contributed by atoms with Crippen molar-refractivity contribution in [2.24, 2.45) is 0 Å². The van der Waals surface area contributed by atoms with Crippen molar-refractivity contribution in [1.82, 2.24) is 5.32 Å². The minimum Gasteiger partial charge on any atom is -0.378 e. The number of carbonyl (C=O) groups excluding carboxylic acids is 1. The maximum atomic E-state index is 11.5. The Morgan fingerprint density at radius 2 is 2.14 bits per heavy atom. The van der Waals surface area contributed by atoms with Gasteiger partial charge in [0.05, 0.1) is 0 Å². The SMILES string of the molecule is CN(C)c1ccc2c(c1)C(=O)NCC2. The van der Waals surface area contributed by atoms with E-state index in [9.17, 15) is 4.79 Å². The van der Waals surface area contributed by atoms with Gasteiger partial charge in [-0.1, -0.05) is 6.07 Å². The molecule has 0 aromatic heterocycles. The molecule has 3 nitrogen and oxygen atoms in total. The first-order valence-electron chi connectivity index (χ1n) is 4.77. The normalized spacial score (nSPS) is 14.6. The Kier molecular flexibility index (Phi) is 2.15. The molecule has 0 saturated carbocycles. The third-order valence-electron chi connectivity index (χ3n) is 2.53. The maximum Gasteiger partial charge on any atom is 0.251 e. The molecular formula is C11H14N2O. The molecule has 1 heterocycles. The summed E-state index contributed by atoms with van der Waals surface area (Å²) in [4.78, 5) is 13.5. The molecule has 0 atom stereocenters. The van der Waals surface area contributed by atoms with E-state index < -0.39 is 0 Å². The van der Waals surface area contributed by atoms with E-state index in [0.717, 1.165) is 29.8 Å². The number of carbonyl (C=O) groups is 1. The van der Waals surface area contributed by atoms with Crippen LogP contribution in [0.5, 0.6) is 0 Å². The van der Waals surface area contributed by atoms with Crippen molar-refractivity contribution in [3.05, 3.63) is 29.3 Å². The van der Waals surface area contributed by atoms with Gasteiger partial charge >= 0.3 is 0 Å². The molecule has 0 bridgehead atoms. The molecule has 14 heavy (non-hydrogen) atoms. The van der Waals surface area contributed by atoms with Crippen molar-refractivity contribution in [2.45, 2.75) is 6.42 Å². The lowest BCUT2D eigenvalue weighted by molar-refractivity contribution is 0.0946. The molecule has 1 aromatic rings. The summed E-state index contributed by atoms with van der Waals surface area (Å²) in [5.74, 6) is 0.0509. The Balaban J connectivity index is 2.46. The molecule has 1 amide bonds. The highest BCUT2D eigenvalue weighted by molar-refractivity contribution is 5.97. The zero-order chi connectivity index (χ0) is 10.1. The Bertz CT molecular complexity index is 372. The van der Waals surface area contributed by atoms with Gasteiger partial charge in [0.25, 0.3) is 5.91 Å². The van der Waals surface area contributed by atoms with Crippen LogP contribution in [0.25, 0.3) is 0 Å². The Labute approximate surface area is 83.7 Å². The molecule has 1 aromatic carbocycles. The van der Waals surface area contributed by atoms with Gasteiger partial charge < -0.3 is 10.2 Å². The molecule has 74 valence electrons. The summed E-state index contributed by atoms with van der Waals surface area (Å²) in [6.45, 7) is 0.757. The summed E-state index contributed by atoms with van der Waals surface area (Å²) in [5.41, 5.74) is 3.04. The minimum atomic E-state index is 0.0509. The van der Waals surface area contributed by atoms with E-state index in [1.54, 1.807) is 0 Å². The van der Waals surface area contributed by atoms with Crippen LogP contribution < -0.4 is 10.2 Å². The predicted molar refractivity (Wildman–Crippen MR) is 56.8 cm³/mol. The van der Waals surface area contributed by atoms with Crippen molar-refractivity contribution in [2.75, 3.05) is 25.5 Å². The van der Waals surface area contributed by atoms with Crippen molar-refractivity contribution in [1.29, 1.82) is 0 Å². The van der Waals surface area contributed by atoms with E-state index in [0.29, 0.717) is 0 Å². The number of hydrogen-bond acceptors (Lipinski definition) is 2. The van der Waals surface area contributed by atoms with Gasteiger partial charge in [0.15, 0.2) is 0 Å². The second-order valence-electron chi connectivity index (χ2n) is 3.74. The number of nitrogens with one attached hydrogen (secondary N) is 1. The number of benzene rings is 1. The van der Waals surface area contributed by atoms with Gasteiger partial charge in [-0.25, -0.2) is 0 Å². The van der Waals surface area contributed by atoms with Crippen LogP contribution in [0.2, 0.25) is 0 Å². The smallest absolute Gasteiger partial charge is 0.251 e. The van der Waals surface area contributed by atoms with Crippen LogP contribution >= 0.6 is 0 Å². The lowest BCUT2D eigenvalue weighted by atomic mass is 10.00. The monoisotopic (exact) mass is 190 g/mol. The Morgan fingerprint density at radius 1 is 1.36 bits per heavy atom. The fourth-order valence-electron chi connectivity index (χ4n) is 1.68. The molecule has 0 radical (unpaired) electrons. The number of rotatable bonds is 1. The molecule has 0 saturated heterocycles. The number of hydrogen-bond donors (Lipinski definition) is 1. The third-order valence-corrected chi connectivity index (χ3v) is 2.53. The van der Waals surface area contributed by atoms with Gasteiger partial charge in [0, 0.05) is 31.9 Å². The number of amides is 1. The lowest BCUT2D eigenvalue weighted by Crippen LogP contribution is -2.31. The van der Waals surface area contributed by atoms with Crippen LogP contribution in [0.3, 0.4) is 0 Å². The van der Waals surface area contributed by atoms with E-state index in [2.05, 4.69) is 11.4 Å². The summed E-state index contributed by atoms with van der Waals surface area (Å²) in [5, 5.41) is 2.85. The van der Waals surface area contributed by atoms with Gasteiger partial charge in [-0.3, -0.25) is 4.79 Å². The van der Waals surface area contributed by atoms with Gasteiger partial charge in [-0.2, -0.15) is 0 Å². The molecule has 0 unspecified atom stereocenters. The number of fused-ring (bicyclic) bond motifs is 1. The van der Waals surface area contributed by atoms with Crippen LogP contribution in [-0.2, 0) is 6.42 Å². The number of nitrogens with zero attached hydrogens (tertiary/aromatic N) is 1. The van der Waals surface area contributed by atoms with Crippen molar-refractivity contribution in [3.8, 4) is 0 Å². The van der Waals surface area contributed by atoms with Crippen LogP contribution in [0.1, 0.15) is 15.9 Å². The fraction of sp³-hybridized carbons (Fsp3) is 0.364. The molecule has 0 fully saturated rings. The van der Waals surface area contributed by atoms with E-state index in [1.807, 2.05) is 31.1 Å². The Hall–Kier alpha value is -1.51. The molecule has 3 heteroatoms. The van der Waals surface area contributed by atoms with Crippen molar-refractivity contribution in [3.63, 3.8) is 0 Å². The molecule has 1 aliphatic rings. The zero-order valence-electron chi connectivity index (χ0n) is 8.50. The van der Waals surface area contributed by atoms with Crippen LogP contribution in [0.15, 0.2) is 18.2 Å². The van der Waals surface area contributed by atoms with Crippen molar-refractivity contribution >= 4 is 11.6 Å². The summed E-state index contributed by atoms with van der Waals surface area (Å²) >= 11 is 0. The molecular weight excluding hydrogens is 176 g/mol. The second-order valence-corrected chi connectivity index (χ2v) is 3.74. The first-order valence-corrected chi connectivity index (χ1v) is 4.77. The molecule has 0 aliphatic carbocycles. The molecule has 2 rings (SSSR count). The summed E-state index contributed by atoms with van der Waals surface area (Å²) in [7, 11) is 3.95. The summed E-state index contributed by atoms with van der Waals surface area (Å²) in [6.07, 6.45) is 0.939. The average Bonchev–Trinajstić information content (AvgIpc) is 2.18. The number of anilines is 1. The highest BCUT2D eigenvalue weighted by Gasteiger charge is 2.16. The molecule has 1 aliphatic heterocycles. The van der Waals surface area contributed by atoms with Crippen molar-refractivity contribution < 1.29 is 4.79 Å². The van der Waals surface area contributed by atoms with E-state index in [1.165, 1.54) is 0 Å². The maximum absolute atomic E-state index is 11.5. The quantitative estimate of drug-likeness (QED) is 0.717. The highest BCUT2D eigenvalue weighted by atomic mass is 16.1.